The summed E-state index contributed by atoms with van der Waals surface area (Å²) in [7, 11) is 0. The van der Waals surface area contributed by atoms with E-state index in [0.29, 0.717) is 5.82 Å². The summed E-state index contributed by atoms with van der Waals surface area (Å²) in [4.78, 5) is 18.5. The highest BCUT2D eigenvalue weighted by atomic mass is 16.5. The lowest BCUT2D eigenvalue weighted by Crippen LogP contribution is -2.22. The van der Waals surface area contributed by atoms with Crippen molar-refractivity contribution < 1.29 is 9.53 Å². The summed E-state index contributed by atoms with van der Waals surface area (Å²) in [6.07, 6.45) is 9.18. The van der Waals surface area contributed by atoms with Gasteiger partial charge in [0.05, 0.1) is 18.0 Å². The van der Waals surface area contributed by atoms with Crippen LogP contribution in [-0.2, 0) is 9.53 Å². The summed E-state index contributed by atoms with van der Waals surface area (Å²) in [5.41, 5.74) is 1.13. The SMILES string of the molecule is O=C(COC1CCCC1)Nc1ccc(N2CCCC2)cn1. The number of nitrogens with zero attached hydrogens (tertiary/aromatic N) is 2. The van der Waals surface area contributed by atoms with Crippen LogP contribution in [0, 0.1) is 0 Å². The number of amides is 1. The molecule has 1 aliphatic heterocycles. The third-order valence-corrected chi connectivity index (χ3v) is 4.24. The molecule has 0 aromatic carbocycles. The van der Waals surface area contributed by atoms with Gasteiger partial charge in [0.15, 0.2) is 0 Å². The van der Waals surface area contributed by atoms with Crippen molar-refractivity contribution in [2.75, 3.05) is 29.9 Å². The monoisotopic (exact) mass is 289 g/mol. The second kappa shape index (κ2) is 6.89. The van der Waals surface area contributed by atoms with Crippen molar-refractivity contribution in [3.63, 3.8) is 0 Å². The zero-order valence-corrected chi connectivity index (χ0v) is 12.4. The molecule has 1 aliphatic carbocycles. The summed E-state index contributed by atoms with van der Waals surface area (Å²) in [6, 6.07) is 3.88. The number of anilines is 2. The van der Waals surface area contributed by atoms with Gasteiger partial charge in [-0.25, -0.2) is 4.98 Å². The van der Waals surface area contributed by atoms with E-state index in [1.165, 1.54) is 25.7 Å². The maximum Gasteiger partial charge on any atom is 0.251 e. The van der Waals surface area contributed by atoms with Crippen LogP contribution in [0.5, 0.6) is 0 Å². The molecule has 114 valence electrons. The lowest BCUT2D eigenvalue weighted by Gasteiger charge is -2.17. The van der Waals surface area contributed by atoms with Gasteiger partial charge >= 0.3 is 0 Å². The van der Waals surface area contributed by atoms with Crippen LogP contribution in [-0.4, -0.2) is 36.7 Å². The Morgan fingerprint density at radius 2 is 2.00 bits per heavy atom. The Morgan fingerprint density at radius 3 is 2.67 bits per heavy atom. The van der Waals surface area contributed by atoms with Gasteiger partial charge in [-0.1, -0.05) is 12.8 Å². The first-order chi connectivity index (χ1) is 10.3. The van der Waals surface area contributed by atoms with Crippen molar-refractivity contribution in [3.05, 3.63) is 18.3 Å². The lowest BCUT2D eigenvalue weighted by molar-refractivity contribution is -0.122. The van der Waals surface area contributed by atoms with E-state index in [2.05, 4.69) is 15.2 Å². The van der Waals surface area contributed by atoms with E-state index in [1.807, 2.05) is 18.3 Å². The Labute approximate surface area is 125 Å². The van der Waals surface area contributed by atoms with E-state index < -0.39 is 0 Å². The second-order valence-electron chi connectivity index (χ2n) is 5.86. The van der Waals surface area contributed by atoms with Crippen LogP contribution in [0.25, 0.3) is 0 Å². The van der Waals surface area contributed by atoms with Gasteiger partial charge in [0.1, 0.15) is 12.4 Å². The average molecular weight is 289 g/mol. The van der Waals surface area contributed by atoms with Gasteiger partial charge in [0.25, 0.3) is 5.91 Å². The van der Waals surface area contributed by atoms with Gasteiger partial charge in [0.2, 0.25) is 0 Å². The van der Waals surface area contributed by atoms with Crippen molar-refractivity contribution in [3.8, 4) is 0 Å². The van der Waals surface area contributed by atoms with Gasteiger partial charge in [-0.15, -0.1) is 0 Å². The third-order valence-electron chi connectivity index (χ3n) is 4.24. The van der Waals surface area contributed by atoms with Gasteiger partial charge in [0, 0.05) is 13.1 Å². The topological polar surface area (TPSA) is 54.5 Å². The van der Waals surface area contributed by atoms with Crippen LogP contribution in [0.4, 0.5) is 11.5 Å². The first-order valence-corrected chi connectivity index (χ1v) is 7.94. The van der Waals surface area contributed by atoms with Crippen molar-refractivity contribution in [1.82, 2.24) is 4.98 Å². The molecule has 2 heterocycles. The first kappa shape index (κ1) is 14.3. The molecule has 0 radical (unpaired) electrons. The lowest BCUT2D eigenvalue weighted by atomic mass is 10.3. The van der Waals surface area contributed by atoms with Gasteiger partial charge in [-0.2, -0.15) is 0 Å². The Bertz CT molecular complexity index is 463. The minimum atomic E-state index is -0.122. The Kier molecular flexibility index (Phi) is 4.70. The van der Waals surface area contributed by atoms with Crippen LogP contribution in [0.2, 0.25) is 0 Å². The number of nitrogens with one attached hydrogen (secondary N) is 1. The molecule has 0 unspecified atom stereocenters. The minimum absolute atomic E-state index is 0.122. The first-order valence-electron chi connectivity index (χ1n) is 7.94. The second-order valence-corrected chi connectivity index (χ2v) is 5.86. The molecule has 21 heavy (non-hydrogen) atoms. The molecule has 1 amide bonds. The highest BCUT2D eigenvalue weighted by Crippen LogP contribution is 2.21. The van der Waals surface area contributed by atoms with Crippen molar-refractivity contribution in [2.24, 2.45) is 0 Å². The predicted octanol–water partition coefficient (Wildman–Crippen LogP) is 2.58. The third kappa shape index (κ3) is 3.94. The Hall–Kier alpha value is -1.62. The van der Waals surface area contributed by atoms with Crippen LogP contribution in [0.15, 0.2) is 18.3 Å². The van der Waals surface area contributed by atoms with Crippen molar-refractivity contribution >= 4 is 17.4 Å². The molecule has 1 aromatic rings. The number of pyridine rings is 1. The van der Waals surface area contributed by atoms with E-state index in [1.54, 1.807) is 0 Å². The molecule has 5 heteroatoms. The van der Waals surface area contributed by atoms with Crippen LogP contribution < -0.4 is 10.2 Å². The van der Waals surface area contributed by atoms with Gasteiger partial charge in [-0.3, -0.25) is 4.79 Å². The molecule has 5 nitrogen and oxygen atoms in total. The van der Waals surface area contributed by atoms with Crippen LogP contribution >= 0.6 is 0 Å². The molecular formula is C16H23N3O2. The van der Waals surface area contributed by atoms with Gasteiger partial charge < -0.3 is 15.0 Å². The minimum Gasteiger partial charge on any atom is -0.370 e. The molecule has 2 aliphatic rings. The summed E-state index contributed by atoms with van der Waals surface area (Å²) >= 11 is 0. The molecule has 3 rings (SSSR count). The number of hydrogen-bond acceptors (Lipinski definition) is 4. The fraction of sp³-hybridized carbons (Fsp3) is 0.625. The molecule has 2 fully saturated rings. The molecule has 1 saturated carbocycles. The van der Waals surface area contributed by atoms with E-state index in [4.69, 9.17) is 4.74 Å². The quantitative estimate of drug-likeness (QED) is 0.905. The highest BCUT2D eigenvalue weighted by Gasteiger charge is 2.17. The molecule has 0 bridgehead atoms. The normalized spacial score (nSPS) is 19.1. The fourth-order valence-corrected chi connectivity index (χ4v) is 3.05. The molecule has 1 N–H and O–H groups in total. The van der Waals surface area contributed by atoms with Crippen molar-refractivity contribution in [1.29, 1.82) is 0 Å². The smallest absolute Gasteiger partial charge is 0.251 e. The molecule has 1 saturated heterocycles. The summed E-state index contributed by atoms with van der Waals surface area (Å²) in [6.45, 7) is 2.32. The Balaban J connectivity index is 1.46. The maximum absolute atomic E-state index is 11.8. The summed E-state index contributed by atoms with van der Waals surface area (Å²) in [5.74, 6) is 0.473. The number of ether oxygens (including phenoxy) is 1. The summed E-state index contributed by atoms with van der Waals surface area (Å²) in [5, 5.41) is 2.79. The molecule has 1 aromatic heterocycles. The predicted molar refractivity (Wildman–Crippen MR) is 82.5 cm³/mol. The standard InChI is InChI=1S/C16H23N3O2/c20-16(12-21-14-5-1-2-6-14)18-15-8-7-13(11-17-15)19-9-3-4-10-19/h7-8,11,14H,1-6,9-10,12H2,(H,17,18,20). The molecule has 0 atom stereocenters. The number of carbonyl (C=O) groups excluding carboxylic acids is 1. The van der Waals surface area contributed by atoms with Crippen LogP contribution in [0.1, 0.15) is 38.5 Å². The van der Waals surface area contributed by atoms with E-state index >= 15 is 0 Å². The maximum atomic E-state index is 11.8. The zero-order valence-electron chi connectivity index (χ0n) is 12.4. The zero-order chi connectivity index (χ0) is 14.5. The fourth-order valence-electron chi connectivity index (χ4n) is 3.05. The largest absolute Gasteiger partial charge is 0.370 e. The molecule has 0 spiro atoms. The van der Waals surface area contributed by atoms with Gasteiger partial charge in [-0.05, 0) is 37.8 Å². The number of carbonyl (C=O) groups is 1. The van der Waals surface area contributed by atoms with Crippen LogP contribution in [0.3, 0.4) is 0 Å². The van der Waals surface area contributed by atoms with E-state index in [-0.39, 0.29) is 18.6 Å². The number of aromatic nitrogens is 1. The Morgan fingerprint density at radius 1 is 1.24 bits per heavy atom. The van der Waals surface area contributed by atoms with E-state index in [9.17, 15) is 4.79 Å². The molecular weight excluding hydrogens is 266 g/mol. The van der Waals surface area contributed by atoms with E-state index in [0.717, 1.165) is 31.6 Å². The average Bonchev–Trinajstić information content (AvgIpc) is 3.19. The number of hydrogen-bond donors (Lipinski definition) is 1. The highest BCUT2D eigenvalue weighted by molar-refractivity contribution is 5.90. The van der Waals surface area contributed by atoms with Crippen molar-refractivity contribution in [2.45, 2.75) is 44.6 Å². The summed E-state index contributed by atoms with van der Waals surface area (Å²) < 4.78 is 5.59. The number of rotatable bonds is 5.